The van der Waals surface area contributed by atoms with Crippen LogP contribution in [0.2, 0.25) is 5.02 Å². The molecule has 0 unspecified atom stereocenters. The number of para-hydroxylation sites is 1. The van der Waals surface area contributed by atoms with Gasteiger partial charge in [0.15, 0.2) is 5.13 Å². The van der Waals surface area contributed by atoms with Crippen molar-refractivity contribution >= 4 is 44.2 Å². The monoisotopic (exact) mass is 387 g/mol. The molecule has 1 amide bonds. The summed E-state index contributed by atoms with van der Waals surface area (Å²) in [5, 5.41) is 1.28. The van der Waals surface area contributed by atoms with E-state index in [9.17, 15) is 4.79 Å². The first-order valence-corrected chi connectivity index (χ1v) is 9.97. The fraction of sp³-hybridized carbons (Fsp3) is 0.300. The fourth-order valence-electron chi connectivity index (χ4n) is 2.82. The number of amides is 1. The first-order valence-electron chi connectivity index (χ1n) is 8.77. The van der Waals surface area contributed by atoms with E-state index in [1.54, 1.807) is 40.5 Å². The number of anilines is 1. The Morgan fingerprint density at radius 2 is 1.85 bits per heavy atom. The van der Waals surface area contributed by atoms with Gasteiger partial charge in [0.1, 0.15) is 0 Å². The van der Waals surface area contributed by atoms with E-state index in [2.05, 4.69) is 23.7 Å². The molecule has 0 spiro atoms. The Hall–Kier alpha value is -1.95. The molecule has 0 bridgehead atoms. The third kappa shape index (κ3) is 4.23. The number of nitrogens with zero attached hydrogens (tertiary/aromatic N) is 3. The summed E-state index contributed by atoms with van der Waals surface area (Å²) in [6, 6.07) is 15.0. The molecule has 0 saturated heterocycles. The second-order valence-corrected chi connectivity index (χ2v) is 7.40. The molecule has 136 valence electrons. The van der Waals surface area contributed by atoms with Crippen molar-refractivity contribution in [1.29, 1.82) is 0 Å². The van der Waals surface area contributed by atoms with E-state index in [0.29, 0.717) is 17.1 Å². The number of fused-ring (bicyclic) bond motifs is 1. The lowest BCUT2D eigenvalue weighted by Gasteiger charge is -2.24. The van der Waals surface area contributed by atoms with Crippen LogP contribution in [-0.2, 0) is 0 Å². The highest BCUT2D eigenvalue weighted by Crippen LogP contribution is 2.29. The van der Waals surface area contributed by atoms with Crippen molar-refractivity contribution in [3.8, 4) is 0 Å². The van der Waals surface area contributed by atoms with Crippen LogP contribution < -0.4 is 4.90 Å². The molecule has 6 heteroatoms. The van der Waals surface area contributed by atoms with Crippen molar-refractivity contribution in [2.24, 2.45) is 0 Å². The molecule has 0 atom stereocenters. The molecular formula is C20H22ClN3OS. The van der Waals surface area contributed by atoms with E-state index in [4.69, 9.17) is 11.6 Å². The van der Waals surface area contributed by atoms with Crippen LogP contribution in [0.4, 0.5) is 5.13 Å². The van der Waals surface area contributed by atoms with E-state index >= 15 is 0 Å². The van der Waals surface area contributed by atoms with Crippen molar-refractivity contribution in [3.63, 3.8) is 0 Å². The lowest BCUT2D eigenvalue weighted by molar-refractivity contribution is 0.0984. The second-order valence-electron chi connectivity index (χ2n) is 5.96. The number of halogens is 1. The minimum Gasteiger partial charge on any atom is -0.302 e. The quantitative estimate of drug-likeness (QED) is 0.576. The second kappa shape index (κ2) is 8.62. The number of carbonyl (C=O) groups is 1. The molecule has 3 aromatic rings. The van der Waals surface area contributed by atoms with Crippen LogP contribution in [0, 0.1) is 0 Å². The third-order valence-electron chi connectivity index (χ3n) is 4.36. The summed E-state index contributed by atoms with van der Waals surface area (Å²) in [6.45, 7) is 7.56. The third-order valence-corrected chi connectivity index (χ3v) is 5.66. The van der Waals surface area contributed by atoms with Gasteiger partial charge >= 0.3 is 0 Å². The summed E-state index contributed by atoms with van der Waals surface area (Å²) in [6.07, 6.45) is 0. The first kappa shape index (κ1) is 18.8. The van der Waals surface area contributed by atoms with Crippen molar-refractivity contribution in [2.75, 3.05) is 31.1 Å². The topological polar surface area (TPSA) is 36.4 Å². The van der Waals surface area contributed by atoms with Crippen LogP contribution in [0.1, 0.15) is 24.2 Å². The molecule has 1 aromatic heterocycles. The van der Waals surface area contributed by atoms with E-state index in [-0.39, 0.29) is 5.91 Å². The van der Waals surface area contributed by atoms with Gasteiger partial charge in [-0.2, -0.15) is 0 Å². The summed E-state index contributed by atoms with van der Waals surface area (Å²) in [7, 11) is 0. The lowest BCUT2D eigenvalue weighted by atomic mass is 10.2. The Morgan fingerprint density at radius 1 is 1.08 bits per heavy atom. The average molecular weight is 388 g/mol. The summed E-state index contributed by atoms with van der Waals surface area (Å²) in [5.41, 5.74) is 1.50. The zero-order valence-corrected chi connectivity index (χ0v) is 16.6. The number of thiazole rings is 1. The number of rotatable bonds is 7. The highest BCUT2D eigenvalue weighted by Gasteiger charge is 2.22. The van der Waals surface area contributed by atoms with Crippen LogP contribution in [0.5, 0.6) is 0 Å². The Balaban J connectivity index is 1.93. The van der Waals surface area contributed by atoms with E-state index in [1.807, 2.05) is 24.3 Å². The number of aromatic nitrogens is 1. The van der Waals surface area contributed by atoms with Crippen LogP contribution in [-0.4, -0.2) is 42.0 Å². The predicted molar refractivity (Wildman–Crippen MR) is 111 cm³/mol. The Bertz CT molecular complexity index is 858. The van der Waals surface area contributed by atoms with Crippen molar-refractivity contribution in [2.45, 2.75) is 13.8 Å². The summed E-state index contributed by atoms with van der Waals surface area (Å²) in [5.74, 6) is -0.0706. The first-order chi connectivity index (χ1) is 12.6. The van der Waals surface area contributed by atoms with Gasteiger partial charge in [0.2, 0.25) is 0 Å². The van der Waals surface area contributed by atoms with E-state index in [1.165, 1.54) is 0 Å². The number of hydrogen-bond acceptors (Lipinski definition) is 4. The number of benzene rings is 2. The smallest absolute Gasteiger partial charge is 0.260 e. The number of hydrogen-bond donors (Lipinski definition) is 0. The van der Waals surface area contributed by atoms with Crippen molar-refractivity contribution < 1.29 is 4.79 Å². The Morgan fingerprint density at radius 3 is 2.54 bits per heavy atom. The van der Waals surface area contributed by atoms with Crippen LogP contribution in [0.15, 0.2) is 48.5 Å². The van der Waals surface area contributed by atoms with Crippen molar-refractivity contribution in [3.05, 3.63) is 59.1 Å². The molecule has 26 heavy (non-hydrogen) atoms. The minimum absolute atomic E-state index is 0.0706. The van der Waals surface area contributed by atoms with Gasteiger partial charge < -0.3 is 4.90 Å². The standard InChI is InChI=1S/C20H22ClN3OS/c1-3-23(4-2)12-13-24(19(25)15-8-7-9-16(21)14-15)20-22-17-10-5-6-11-18(17)26-20/h5-11,14H,3-4,12-13H2,1-2H3. The maximum Gasteiger partial charge on any atom is 0.260 e. The fourth-order valence-corrected chi connectivity index (χ4v) is 4.00. The van der Waals surface area contributed by atoms with Crippen molar-refractivity contribution in [1.82, 2.24) is 9.88 Å². The molecule has 0 radical (unpaired) electrons. The molecule has 0 aliphatic carbocycles. The number of likely N-dealkylation sites (N-methyl/N-ethyl adjacent to an activating group) is 1. The van der Waals surface area contributed by atoms with Gasteiger partial charge in [0.25, 0.3) is 5.91 Å². The van der Waals surface area contributed by atoms with Crippen LogP contribution >= 0.6 is 22.9 Å². The molecule has 0 N–H and O–H groups in total. The summed E-state index contributed by atoms with van der Waals surface area (Å²) < 4.78 is 1.08. The molecule has 0 fully saturated rings. The molecule has 1 heterocycles. The molecular weight excluding hydrogens is 366 g/mol. The Kier molecular flexibility index (Phi) is 6.25. The Labute approximate surface area is 163 Å². The maximum atomic E-state index is 13.2. The lowest BCUT2D eigenvalue weighted by Crippen LogP contribution is -2.38. The van der Waals surface area contributed by atoms with Gasteiger partial charge in [-0.05, 0) is 43.4 Å². The van der Waals surface area contributed by atoms with Gasteiger partial charge in [-0.1, -0.05) is 55.0 Å². The summed E-state index contributed by atoms with van der Waals surface area (Å²) >= 11 is 7.63. The van der Waals surface area contributed by atoms with Crippen LogP contribution in [0.25, 0.3) is 10.2 Å². The molecule has 3 rings (SSSR count). The van der Waals surface area contributed by atoms with Crippen LogP contribution in [0.3, 0.4) is 0 Å². The maximum absolute atomic E-state index is 13.2. The predicted octanol–water partition coefficient (Wildman–Crippen LogP) is 4.94. The van der Waals surface area contributed by atoms with E-state index in [0.717, 1.165) is 35.0 Å². The van der Waals surface area contributed by atoms with Gasteiger partial charge in [0, 0.05) is 23.7 Å². The minimum atomic E-state index is -0.0706. The summed E-state index contributed by atoms with van der Waals surface area (Å²) in [4.78, 5) is 21.9. The van der Waals surface area contributed by atoms with E-state index < -0.39 is 0 Å². The van der Waals surface area contributed by atoms with Gasteiger partial charge in [-0.3, -0.25) is 9.69 Å². The molecule has 2 aromatic carbocycles. The molecule has 0 saturated carbocycles. The molecule has 0 aliphatic rings. The van der Waals surface area contributed by atoms with Gasteiger partial charge in [0.05, 0.1) is 10.2 Å². The molecule has 0 aliphatic heterocycles. The van der Waals surface area contributed by atoms with Gasteiger partial charge in [-0.15, -0.1) is 0 Å². The zero-order valence-electron chi connectivity index (χ0n) is 15.0. The number of carbonyl (C=O) groups excluding carboxylic acids is 1. The average Bonchev–Trinajstić information content (AvgIpc) is 3.08. The SMILES string of the molecule is CCN(CC)CCN(C(=O)c1cccc(Cl)c1)c1nc2ccccc2s1. The van der Waals surface area contributed by atoms with Gasteiger partial charge in [-0.25, -0.2) is 4.98 Å². The molecule has 4 nitrogen and oxygen atoms in total. The normalized spacial score (nSPS) is 11.2. The zero-order chi connectivity index (χ0) is 18.5. The largest absolute Gasteiger partial charge is 0.302 e. The highest BCUT2D eigenvalue weighted by molar-refractivity contribution is 7.22. The highest BCUT2D eigenvalue weighted by atomic mass is 35.5.